The SMILES string of the molecule is COC(C)(C)C(C)(C)O.Cc1ccc(COc2ccc(C)cc2C(F)(F)F)cc1. The molecular formula is C23H31F3O3. The van der Waals surface area contributed by atoms with Crippen molar-refractivity contribution in [2.45, 2.75) is 65.5 Å². The highest BCUT2D eigenvalue weighted by Gasteiger charge is 2.35. The van der Waals surface area contributed by atoms with Crippen LogP contribution in [0.5, 0.6) is 5.75 Å². The van der Waals surface area contributed by atoms with Gasteiger partial charge in [-0.1, -0.05) is 41.5 Å². The molecule has 1 N–H and O–H groups in total. The highest BCUT2D eigenvalue weighted by molar-refractivity contribution is 5.39. The normalized spacial score (nSPS) is 12.2. The molecule has 0 aliphatic carbocycles. The molecule has 0 heterocycles. The number of methoxy groups -OCH3 is 1. The second-order valence-electron chi connectivity index (χ2n) is 8.05. The van der Waals surface area contributed by atoms with E-state index in [2.05, 4.69) is 0 Å². The molecule has 0 atom stereocenters. The Bertz CT molecular complexity index is 773. The molecule has 2 rings (SSSR count). The Hall–Kier alpha value is -2.05. The van der Waals surface area contributed by atoms with Gasteiger partial charge in [0.05, 0.1) is 16.8 Å². The molecule has 0 spiro atoms. The molecule has 0 radical (unpaired) electrons. The van der Waals surface area contributed by atoms with Crippen LogP contribution >= 0.6 is 0 Å². The third-order valence-corrected chi connectivity index (χ3v) is 4.94. The molecular weight excluding hydrogens is 381 g/mol. The first-order chi connectivity index (χ1) is 13.2. The van der Waals surface area contributed by atoms with E-state index >= 15 is 0 Å². The van der Waals surface area contributed by atoms with Crippen LogP contribution in [-0.4, -0.2) is 23.4 Å². The number of benzene rings is 2. The highest BCUT2D eigenvalue weighted by atomic mass is 19.4. The van der Waals surface area contributed by atoms with Crippen molar-refractivity contribution in [3.05, 3.63) is 64.7 Å². The number of ether oxygens (including phenoxy) is 2. The van der Waals surface area contributed by atoms with Crippen molar-refractivity contribution in [2.24, 2.45) is 0 Å². The van der Waals surface area contributed by atoms with Crippen molar-refractivity contribution >= 4 is 0 Å². The number of hydrogen-bond acceptors (Lipinski definition) is 3. The van der Waals surface area contributed by atoms with Gasteiger partial charge in [-0.2, -0.15) is 13.2 Å². The predicted molar refractivity (Wildman–Crippen MR) is 109 cm³/mol. The zero-order valence-electron chi connectivity index (χ0n) is 18.1. The maximum Gasteiger partial charge on any atom is 0.419 e. The molecule has 0 aliphatic rings. The second-order valence-corrected chi connectivity index (χ2v) is 8.05. The fourth-order valence-electron chi connectivity index (χ4n) is 2.09. The molecule has 0 unspecified atom stereocenters. The summed E-state index contributed by atoms with van der Waals surface area (Å²) in [6, 6.07) is 11.6. The van der Waals surface area contributed by atoms with E-state index in [0.29, 0.717) is 5.56 Å². The fourth-order valence-corrected chi connectivity index (χ4v) is 2.09. The van der Waals surface area contributed by atoms with Gasteiger partial charge < -0.3 is 14.6 Å². The molecule has 2 aromatic rings. The van der Waals surface area contributed by atoms with E-state index in [0.717, 1.165) is 17.2 Å². The Morgan fingerprint density at radius 2 is 1.38 bits per heavy atom. The van der Waals surface area contributed by atoms with Crippen LogP contribution in [0.2, 0.25) is 0 Å². The summed E-state index contributed by atoms with van der Waals surface area (Å²) in [6.07, 6.45) is -4.41. The largest absolute Gasteiger partial charge is 0.488 e. The summed E-state index contributed by atoms with van der Waals surface area (Å²) in [5.41, 5.74) is 0.517. The summed E-state index contributed by atoms with van der Waals surface area (Å²) in [7, 11) is 1.60. The summed E-state index contributed by atoms with van der Waals surface area (Å²) < 4.78 is 49.2. The van der Waals surface area contributed by atoms with Gasteiger partial charge in [-0.3, -0.25) is 0 Å². The van der Waals surface area contributed by atoms with Gasteiger partial charge in [0.15, 0.2) is 0 Å². The van der Waals surface area contributed by atoms with Crippen LogP contribution < -0.4 is 4.74 Å². The fraction of sp³-hybridized carbons (Fsp3) is 0.478. The first-order valence-electron chi connectivity index (χ1n) is 9.31. The lowest BCUT2D eigenvalue weighted by atomic mass is 9.90. The van der Waals surface area contributed by atoms with Gasteiger partial charge in [0.2, 0.25) is 0 Å². The Balaban J connectivity index is 0.000000396. The zero-order valence-corrected chi connectivity index (χ0v) is 18.1. The van der Waals surface area contributed by atoms with Gasteiger partial charge in [-0.05, 0) is 59.2 Å². The third-order valence-electron chi connectivity index (χ3n) is 4.94. The standard InChI is InChI=1S/C16H15F3O.C7H16O2/c1-11-3-6-13(7-4-11)10-20-15-8-5-12(2)9-14(15)16(17,18)19;1-6(2,8)7(3,4)9-5/h3-9H,10H2,1-2H3;8H,1-5H3. The van der Waals surface area contributed by atoms with E-state index in [-0.39, 0.29) is 12.4 Å². The molecule has 0 amide bonds. The first kappa shape index (κ1) is 25.0. The van der Waals surface area contributed by atoms with Crippen molar-refractivity contribution in [3.8, 4) is 5.75 Å². The maximum atomic E-state index is 12.9. The monoisotopic (exact) mass is 412 g/mol. The van der Waals surface area contributed by atoms with E-state index in [1.165, 1.54) is 6.07 Å². The molecule has 162 valence electrons. The van der Waals surface area contributed by atoms with E-state index in [4.69, 9.17) is 9.47 Å². The minimum absolute atomic E-state index is 0.117. The molecule has 0 bridgehead atoms. The minimum Gasteiger partial charge on any atom is -0.488 e. The van der Waals surface area contributed by atoms with Gasteiger partial charge >= 0.3 is 6.18 Å². The van der Waals surface area contributed by atoms with Gasteiger partial charge in [0, 0.05) is 7.11 Å². The van der Waals surface area contributed by atoms with Gasteiger partial charge in [-0.25, -0.2) is 0 Å². The molecule has 0 saturated carbocycles. The number of alkyl halides is 3. The second kappa shape index (κ2) is 9.63. The molecule has 0 saturated heterocycles. The average Bonchev–Trinajstić information content (AvgIpc) is 2.61. The number of aryl methyl sites for hydroxylation is 2. The Morgan fingerprint density at radius 3 is 1.79 bits per heavy atom. The van der Waals surface area contributed by atoms with Crippen LogP contribution in [-0.2, 0) is 17.5 Å². The van der Waals surface area contributed by atoms with Crippen molar-refractivity contribution in [3.63, 3.8) is 0 Å². The smallest absolute Gasteiger partial charge is 0.419 e. The summed E-state index contributed by atoms with van der Waals surface area (Å²) in [5, 5.41) is 9.42. The lowest BCUT2D eigenvalue weighted by molar-refractivity contribution is -0.139. The van der Waals surface area contributed by atoms with Crippen LogP contribution in [0.3, 0.4) is 0 Å². The van der Waals surface area contributed by atoms with E-state index < -0.39 is 22.9 Å². The molecule has 0 aromatic heterocycles. The molecule has 29 heavy (non-hydrogen) atoms. The zero-order chi connectivity index (χ0) is 22.5. The van der Waals surface area contributed by atoms with Crippen LogP contribution in [0, 0.1) is 13.8 Å². The quantitative estimate of drug-likeness (QED) is 0.646. The number of aliphatic hydroxyl groups is 1. The Kier molecular flexibility index (Phi) is 8.30. The third kappa shape index (κ3) is 7.71. The van der Waals surface area contributed by atoms with Crippen molar-refractivity contribution in [1.82, 2.24) is 0 Å². The van der Waals surface area contributed by atoms with Crippen LogP contribution in [0.15, 0.2) is 42.5 Å². The molecule has 2 aromatic carbocycles. The van der Waals surface area contributed by atoms with Crippen molar-refractivity contribution < 1.29 is 27.8 Å². The van der Waals surface area contributed by atoms with Crippen LogP contribution in [0.4, 0.5) is 13.2 Å². The number of rotatable bonds is 5. The molecule has 0 fully saturated rings. The Morgan fingerprint density at radius 1 is 0.862 bits per heavy atom. The topological polar surface area (TPSA) is 38.7 Å². The number of halogens is 3. The van der Waals surface area contributed by atoms with Gasteiger partial charge in [-0.15, -0.1) is 0 Å². The minimum atomic E-state index is -4.41. The highest BCUT2D eigenvalue weighted by Crippen LogP contribution is 2.37. The summed E-state index contributed by atoms with van der Waals surface area (Å²) >= 11 is 0. The van der Waals surface area contributed by atoms with Crippen molar-refractivity contribution in [2.75, 3.05) is 7.11 Å². The van der Waals surface area contributed by atoms with Gasteiger partial charge in [0.25, 0.3) is 0 Å². The number of hydrogen-bond donors (Lipinski definition) is 1. The van der Waals surface area contributed by atoms with E-state index in [9.17, 15) is 18.3 Å². The Labute approximate surface area is 171 Å². The summed E-state index contributed by atoms with van der Waals surface area (Å²) in [4.78, 5) is 0. The molecule has 0 aliphatic heterocycles. The first-order valence-corrected chi connectivity index (χ1v) is 9.31. The summed E-state index contributed by atoms with van der Waals surface area (Å²) in [6.45, 7) is 10.9. The molecule has 3 nitrogen and oxygen atoms in total. The van der Waals surface area contributed by atoms with Crippen LogP contribution in [0.1, 0.15) is 49.9 Å². The lowest BCUT2D eigenvalue weighted by Crippen LogP contribution is -2.46. The average molecular weight is 412 g/mol. The van der Waals surface area contributed by atoms with E-state index in [1.54, 1.807) is 33.9 Å². The van der Waals surface area contributed by atoms with Crippen molar-refractivity contribution in [1.29, 1.82) is 0 Å². The maximum absolute atomic E-state index is 12.9. The van der Waals surface area contributed by atoms with E-state index in [1.807, 2.05) is 45.0 Å². The van der Waals surface area contributed by atoms with Gasteiger partial charge in [0.1, 0.15) is 12.4 Å². The molecule has 6 heteroatoms. The van der Waals surface area contributed by atoms with Crippen LogP contribution in [0.25, 0.3) is 0 Å². The predicted octanol–water partition coefficient (Wildman–Crippen LogP) is 6.08. The lowest BCUT2D eigenvalue weighted by Gasteiger charge is -2.35. The summed E-state index contributed by atoms with van der Waals surface area (Å²) in [5.74, 6) is -0.135.